The number of halogens is 1. The van der Waals surface area contributed by atoms with E-state index in [0.717, 1.165) is 43.6 Å². The zero-order valence-corrected chi connectivity index (χ0v) is 17.4. The molecule has 0 fully saturated rings. The van der Waals surface area contributed by atoms with Crippen LogP contribution in [0.3, 0.4) is 0 Å². The van der Waals surface area contributed by atoms with Crippen LogP contribution in [0.15, 0.2) is 47.4 Å². The first kappa shape index (κ1) is 20.8. The van der Waals surface area contributed by atoms with Crippen molar-refractivity contribution in [3.05, 3.63) is 59.2 Å². The van der Waals surface area contributed by atoms with Gasteiger partial charge in [0.15, 0.2) is 0 Å². The average Bonchev–Trinajstić information content (AvgIpc) is 2.88. The first-order valence-corrected chi connectivity index (χ1v) is 11.4. The Labute approximate surface area is 167 Å². The van der Waals surface area contributed by atoms with Gasteiger partial charge in [-0.1, -0.05) is 32.0 Å². The molecule has 0 aliphatic carbocycles. The van der Waals surface area contributed by atoms with Crippen LogP contribution in [0.1, 0.15) is 42.9 Å². The Morgan fingerprint density at radius 2 is 1.71 bits per heavy atom. The van der Waals surface area contributed by atoms with E-state index < -0.39 is 10.0 Å². The van der Waals surface area contributed by atoms with E-state index in [4.69, 9.17) is 0 Å². The standard InChI is InChI=1S/C22H29FN2O2S/c1-17(2)18-5-8-22(9-6-18)28(26,27)24-21-7-4-19-10-14-25(13-3-12-23)15-11-20(19)16-21/h4-9,16-17,24H,3,10-15H2,1-2H3. The average molecular weight is 405 g/mol. The lowest BCUT2D eigenvalue weighted by Crippen LogP contribution is -2.27. The van der Waals surface area contributed by atoms with Gasteiger partial charge in [0.05, 0.1) is 11.6 Å². The van der Waals surface area contributed by atoms with Crippen molar-refractivity contribution in [1.82, 2.24) is 4.90 Å². The molecule has 2 aromatic carbocycles. The third-order valence-electron chi connectivity index (χ3n) is 5.32. The van der Waals surface area contributed by atoms with Crippen molar-refractivity contribution in [2.45, 2.75) is 43.9 Å². The van der Waals surface area contributed by atoms with Gasteiger partial charge in [-0.05, 0) is 66.1 Å². The lowest BCUT2D eigenvalue weighted by Gasteiger charge is -2.18. The molecule has 0 bridgehead atoms. The zero-order chi connectivity index (χ0) is 20.1. The van der Waals surface area contributed by atoms with Crippen molar-refractivity contribution >= 4 is 15.7 Å². The van der Waals surface area contributed by atoms with Gasteiger partial charge in [0.25, 0.3) is 10.0 Å². The molecule has 3 rings (SSSR count). The number of fused-ring (bicyclic) bond motifs is 1. The molecule has 0 spiro atoms. The highest BCUT2D eigenvalue weighted by atomic mass is 32.2. The summed E-state index contributed by atoms with van der Waals surface area (Å²) in [6.45, 7) is 6.44. The van der Waals surface area contributed by atoms with Gasteiger partial charge in [-0.2, -0.15) is 0 Å². The van der Waals surface area contributed by atoms with E-state index in [-0.39, 0.29) is 11.6 Å². The van der Waals surface area contributed by atoms with Crippen molar-refractivity contribution in [3.8, 4) is 0 Å². The second-order valence-electron chi connectivity index (χ2n) is 7.70. The van der Waals surface area contributed by atoms with Gasteiger partial charge in [-0.3, -0.25) is 9.11 Å². The molecule has 1 aliphatic heterocycles. The highest BCUT2D eigenvalue weighted by Crippen LogP contribution is 2.24. The summed E-state index contributed by atoms with van der Waals surface area (Å²) in [6.07, 6.45) is 2.32. The molecule has 152 valence electrons. The van der Waals surface area contributed by atoms with Crippen molar-refractivity contribution in [2.75, 3.05) is 31.0 Å². The summed E-state index contributed by atoms with van der Waals surface area (Å²) in [4.78, 5) is 2.55. The Balaban J connectivity index is 1.72. The fourth-order valence-corrected chi connectivity index (χ4v) is 4.64. The van der Waals surface area contributed by atoms with Crippen LogP contribution in [-0.2, 0) is 22.9 Å². The highest BCUT2D eigenvalue weighted by Gasteiger charge is 2.17. The number of hydrogen-bond donors (Lipinski definition) is 1. The largest absolute Gasteiger partial charge is 0.303 e. The number of hydrogen-bond acceptors (Lipinski definition) is 3. The summed E-state index contributed by atoms with van der Waals surface area (Å²) >= 11 is 0. The first-order valence-electron chi connectivity index (χ1n) is 9.92. The summed E-state index contributed by atoms with van der Waals surface area (Å²) in [5.41, 5.74) is 4.11. The molecule has 1 N–H and O–H groups in total. The van der Waals surface area contributed by atoms with Gasteiger partial charge in [-0.25, -0.2) is 8.42 Å². The van der Waals surface area contributed by atoms with Crippen molar-refractivity contribution in [3.63, 3.8) is 0 Å². The molecule has 0 saturated carbocycles. The van der Waals surface area contributed by atoms with Crippen LogP contribution >= 0.6 is 0 Å². The molecule has 1 heterocycles. The fraction of sp³-hybridized carbons (Fsp3) is 0.455. The molecule has 0 unspecified atom stereocenters. The number of sulfonamides is 1. The lowest BCUT2D eigenvalue weighted by molar-refractivity contribution is 0.270. The first-order chi connectivity index (χ1) is 13.4. The van der Waals surface area contributed by atoms with Gasteiger partial charge in [-0.15, -0.1) is 0 Å². The predicted molar refractivity (Wildman–Crippen MR) is 112 cm³/mol. The quantitative estimate of drug-likeness (QED) is 0.745. The second-order valence-corrected chi connectivity index (χ2v) is 9.38. The number of alkyl halides is 1. The van der Waals surface area contributed by atoms with Gasteiger partial charge in [0.1, 0.15) is 0 Å². The van der Waals surface area contributed by atoms with E-state index in [9.17, 15) is 12.8 Å². The molecule has 0 amide bonds. The summed E-state index contributed by atoms with van der Waals surface area (Å²) in [5.74, 6) is 0.360. The van der Waals surface area contributed by atoms with E-state index in [1.54, 1.807) is 12.1 Å². The van der Waals surface area contributed by atoms with Crippen LogP contribution in [0.25, 0.3) is 0 Å². The normalized spacial score (nSPS) is 15.3. The van der Waals surface area contributed by atoms with Gasteiger partial charge < -0.3 is 4.90 Å². The molecule has 0 radical (unpaired) electrons. The molecular weight excluding hydrogens is 375 g/mol. The smallest absolute Gasteiger partial charge is 0.261 e. The Morgan fingerprint density at radius 3 is 2.36 bits per heavy atom. The van der Waals surface area contributed by atoms with Crippen molar-refractivity contribution in [2.24, 2.45) is 0 Å². The molecule has 2 aromatic rings. The minimum absolute atomic E-state index is 0.268. The Morgan fingerprint density at radius 1 is 1.04 bits per heavy atom. The van der Waals surface area contributed by atoms with Crippen LogP contribution < -0.4 is 4.72 Å². The maximum atomic E-state index is 12.7. The van der Waals surface area contributed by atoms with Crippen molar-refractivity contribution < 1.29 is 12.8 Å². The predicted octanol–water partition coefficient (Wildman–Crippen LogP) is 4.37. The topological polar surface area (TPSA) is 49.4 Å². The van der Waals surface area contributed by atoms with Crippen LogP contribution in [0.4, 0.5) is 10.1 Å². The number of nitrogens with zero attached hydrogens (tertiary/aromatic N) is 1. The van der Waals surface area contributed by atoms with Crippen LogP contribution in [0.5, 0.6) is 0 Å². The summed E-state index contributed by atoms with van der Waals surface area (Å²) < 4.78 is 40.6. The molecule has 0 aromatic heterocycles. The third-order valence-corrected chi connectivity index (χ3v) is 6.72. The Bertz CT molecular complexity index is 895. The lowest BCUT2D eigenvalue weighted by atomic mass is 10.0. The molecule has 1 aliphatic rings. The molecule has 28 heavy (non-hydrogen) atoms. The maximum Gasteiger partial charge on any atom is 0.261 e. The van der Waals surface area contributed by atoms with Gasteiger partial charge in [0.2, 0.25) is 0 Å². The monoisotopic (exact) mass is 404 g/mol. The van der Waals surface area contributed by atoms with Crippen LogP contribution in [0, 0.1) is 0 Å². The summed E-state index contributed by atoms with van der Waals surface area (Å²) in [6, 6.07) is 12.8. The number of rotatable bonds is 7. The van der Waals surface area contributed by atoms with Gasteiger partial charge in [0, 0.05) is 25.3 Å². The van der Waals surface area contributed by atoms with E-state index in [0.29, 0.717) is 18.0 Å². The molecule has 0 saturated heterocycles. The van der Waals surface area contributed by atoms with Crippen molar-refractivity contribution in [1.29, 1.82) is 0 Å². The van der Waals surface area contributed by atoms with Crippen LogP contribution in [0.2, 0.25) is 0 Å². The number of nitrogens with one attached hydrogen (secondary N) is 1. The van der Waals surface area contributed by atoms with Crippen LogP contribution in [-0.4, -0.2) is 39.6 Å². The molecular formula is C22H29FN2O2S. The number of anilines is 1. The molecule has 0 atom stereocenters. The fourth-order valence-electron chi connectivity index (χ4n) is 3.59. The molecule has 6 heteroatoms. The third kappa shape index (κ3) is 5.11. The summed E-state index contributed by atoms with van der Waals surface area (Å²) in [7, 11) is -3.62. The SMILES string of the molecule is CC(C)c1ccc(S(=O)(=O)Nc2ccc3c(c2)CCN(CCCF)CC3)cc1. The van der Waals surface area contributed by atoms with E-state index in [1.807, 2.05) is 30.3 Å². The number of benzene rings is 2. The van der Waals surface area contributed by atoms with E-state index >= 15 is 0 Å². The molecule has 4 nitrogen and oxygen atoms in total. The van der Waals surface area contributed by atoms with E-state index in [2.05, 4.69) is 23.5 Å². The maximum absolute atomic E-state index is 12.7. The highest BCUT2D eigenvalue weighted by molar-refractivity contribution is 7.92. The zero-order valence-electron chi connectivity index (χ0n) is 16.6. The Hall–Kier alpha value is -1.92. The Kier molecular flexibility index (Phi) is 6.73. The van der Waals surface area contributed by atoms with E-state index in [1.165, 1.54) is 5.56 Å². The second kappa shape index (κ2) is 9.05. The summed E-state index contributed by atoms with van der Waals surface area (Å²) in [5, 5.41) is 0. The van der Waals surface area contributed by atoms with Gasteiger partial charge >= 0.3 is 0 Å². The minimum Gasteiger partial charge on any atom is -0.303 e. The minimum atomic E-state index is -3.62.